The van der Waals surface area contributed by atoms with Crippen LogP contribution in [0.3, 0.4) is 0 Å². The molecule has 0 aliphatic heterocycles. The second-order valence-electron chi connectivity index (χ2n) is 10.6. The Balaban J connectivity index is 2.50. The first-order chi connectivity index (χ1) is 14.1. The lowest BCUT2D eigenvalue weighted by molar-refractivity contribution is 0.143. The fourth-order valence-electron chi connectivity index (χ4n) is 4.94. The van der Waals surface area contributed by atoms with Crippen LogP contribution in [0.1, 0.15) is 119 Å². The smallest absolute Gasteiger partial charge is 0.0149 e. The van der Waals surface area contributed by atoms with Gasteiger partial charge < -0.3 is 0 Å². The first-order valence-corrected chi connectivity index (χ1v) is 12.4. The third kappa shape index (κ3) is 10.6. The van der Waals surface area contributed by atoms with Crippen molar-refractivity contribution in [2.24, 2.45) is 11.3 Å². The van der Waals surface area contributed by atoms with Gasteiger partial charge in [-0.3, -0.25) is 0 Å². The molecule has 1 rings (SSSR count). The van der Waals surface area contributed by atoms with Gasteiger partial charge in [0.15, 0.2) is 0 Å². The maximum absolute atomic E-state index is 4.49. The predicted molar refractivity (Wildman–Crippen MR) is 138 cm³/mol. The standard InChI is InChI=1S/C30H50/c1-24(2)14-9-16-26(5)17-10-18-27(6)19-11-21-29-28(7)20-13-23-30(29,8)22-12-15-25(3)4/h14-15,17,19,29H,7,9-13,16,18,20-23H2,1-6,8H3/b26-17+,27-19+. The van der Waals surface area contributed by atoms with E-state index < -0.39 is 0 Å². The summed E-state index contributed by atoms with van der Waals surface area (Å²) in [6.45, 7) is 20.4. The molecule has 1 aliphatic carbocycles. The summed E-state index contributed by atoms with van der Waals surface area (Å²) < 4.78 is 0. The van der Waals surface area contributed by atoms with Crippen molar-refractivity contribution in [3.05, 3.63) is 58.7 Å². The molecule has 2 unspecified atom stereocenters. The maximum Gasteiger partial charge on any atom is -0.0149 e. The zero-order chi connectivity index (χ0) is 22.6. The fraction of sp³-hybridized carbons (Fsp3) is 0.667. The molecule has 30 heavy (non-hydrogen) atoms. The SMILES string of the molecule is C=C1CCCC(C)(CCC=C(C)C)C1CC/C=C(\C)CC/C=C(\C)CCC=C(C)C. The van der Waals surface area contributed by atoms with Gasteiger partial charge in [0.1, 0.15) is 0 Å². The number of rotatable bonds is 12. The second kappa shape index (κ2) is 13.9. The van der Waals surface area contributed by atoms with Crippen LogP contribution in [0.15, 0.2) is 58.7 Å². The highest BCUT2D eigenvalue weighted by Crippen LogP contribution is 2.48. The van der Waals surface area contributed by atoms with Crippen molar-refractivity contribution >= 4 is 0 Å². The molecule has 0 N–H and O–H groups in total. The Hall–Kier alpha value is -1.30. The zero-order valence-electron chi connectivity index (χ0n) is 21.4. The van der Waals surface area contributed by atoms with E-state index in [-0.39, 0.29) is 0 Å². The lowest BCUT2D eigenvalue weighted by atomic mass is 9.62. The minimum Gasteiger partial charge on any atom is -0.0996 e. The van der Waals surface area contributed by atoms with Crippen molar-refractivity contribution in [2.75, 3.05) is 0 Å². The van der Waals surface area contributed by atoms with Crippen molar-refractivity contribution in [3.8, 4) is 0 Å². The van der Waals surface area contributed by atoms with Crippen molar-refractivity contribution in [2.45, 2.75) is 119 Å². The summed E-state index contributed by atoms with van der Waals surface area (Å²) in [6.07, 6.45) is 23.4. The summed E-state index contributed by atoms with van der Waals surface area (Å²) in [6, 6.07) is 0. The summed E-state index contributed by atoms with van der Waals surface area (Å²) in [4.78, 5) is 0. The molecule has 170 valence electrons. The molecule has 0 nitrogen and oxygen atoms in total. The Morgan fingerprint density at radius 2 is 1.37 bits per heavy atom. The van der Waals surface area contributed by atoms with Gasteiger partial charge in [0.25, 0.3) is 0 Å². The van der Waals surface area contributed by atoms with E-state index in [0.717, 1.165) is 0 Å². The van der Waals surface area contributed by atoms with Gasteiger partial charge in [-0.05, 0) is 124 Å². The highest BCUT2D eigenvalue weighted by Gasteiger charge is 2.37. The topological polar surface area (TPSA) is 0 Å². The molecule has 0 aromatic heterocycles. The third-order valence-corrected chi connectivity index (χ3v) is 6.92. The van der Waals surface area contributed by atoms with E-state index in [9.17, 15) is 0 Å². The van der Waals surface area contributed by atoms with Crippen LogP contribution in [0.4, 0.5) is 0 Å². The van der Waals surface area contributed by atoms with Gasteiger partial charge in [-0.25, -0.2) is 0 Å². The molecule has 1 fully saturated rings. The Morgan fingerprint density at radius 1 is 0.833 bits per heavy atom. The van der Waals surface area contributed by atoms with Gasteiger partial charge in [-0.1, -0.05) is 65.7 Å². The molecule has 0 radical (unpaired) electrons. The summed E-state index contributed by atoms with van der Waals surface area (Å²) in [5.41, 5.74) is 7.91. The molecule has 0 heterocycles. The molecule has 2 atom stereocenters. The summed E-state index contributed by atoms with van der Waals surface area (Å²) in [5.74, 6) is 0.693. The molecule has 1 aliphatic rings. The van der Waals surface area contributed by atoms with Crippen LogP contribution in [0, 0.1) is 11.3 Å². The zero-order valence-corrected chi connectivity index (χ0v) is 21.4. The van der Waals surface area contributed by atoms with E-state index in [0.29, 0.717) is 11.3 Å². The molecule has 0 bridgehead atoms. The first kappa shape index (κ1) is 26.7. The molecule has 0 spiro atoms. The largest absolute Gasteiger partial charge is 0.0996 e. The van der Waals surface area contributed by atoms with E-state index in [4.69, 9.17) is 0 Å². The molecule has 0 aromatic carbocycles. The molecular weight excluding hydrogens is 360 g/mol. The van der Waals surface area contributed by atoms with E-state index in [1.54, 1.807) is 5.57 Å². The lowest BCUT2D eigenvalue weighted by Gasteiger charge is -2.43. The van der Waals surface area contributed by atoms with E-state index >= 15 is 0 Å². The molecule has 0 heteroatoms. The summed E-state index contributed by atoms with van der Waals surface area (Å²) in [7, 11) is 0. The Labute approximate surface area is 189 Å². The van der Waals surface area contributed by atoms with Gasteiger partial charge in [-0.2, -0.15) is 0 Å². The van der Waals surface area contributed by atoms with Crippen LogP contribution in [-0.2, 0) is 0 Å². The molecule has 0 saturated heterocycles. The second-order valence-corrected chi connectivity index (χ2v) is 10.6. The van der Waals surface area contributed by atoms with Crippen LogP contribution in [0.2, 0.25) is 0 Å². The Bertz CT molecular complexity index is 644. The van der Waals surface area contributed by atoms with Crippen LogP contribution >= 0.6 is 0 Å². The highest BCUT2D eigenvalue weighted by atomic mass is 14.4. The minimum absolute atomic E-state index is 0.439. The van der Waals surface area contributed by atoms with Crippen LogP contribution in [-0.4, -0.2) is 0 Å². The molecule has 0 amide bonds. The van der Waals surface area contributed by atoms with Crippen molar-refractivity contribution in [1.82, 2.24) is 0 Å². The van der Waals surface area contributed by atoms with E-state index in [1.165, 1.54) is 92.9 Å². The van der Waals surface area contributed by atoms with Crippen LogP contribution < -0.4 is 0 Å². The number of hydrogen-bond donors (Lipinski definition) is 0. The Morgan fingerprint density at radius 3 is 1.97 bits per heavy atom. The van der Waals surface area contributed by atoms with Crippen molar-refractivity contribution < 1.29 is 0 Å². The maximum atomic E-state index is 4.49. The monoisotopic (exact) mass is 410 g/mol. The van der Waals surface area contributed by atoms with Gasteiger partial charge >= 0.3 is 0 Å². The van der Waals surface area contributed by atoms with Crippen LogP contribution in [0.5, 0.6) is 0 Å². The molecule has 1 saturated carbocycles. The van der Waals surface area contributed by atoms with E-state index in [1.807, 2.05) is 0 Å². The van der Waals surface area contributed by atoms with Gasteiger partial charge in [0.2, 0.25) is 0 Å². The van der Waals surface area contributed by atoms with Crippen molar-refractivity contribution in [3.63, 3.8) is 0 Å². The van der Waals surface area contributed by atoms with Crippen LogP contribution in [0.25, 0.3) is 0 Å². The quantitative estimate of drug-likeness (QED) is 0.281. The average molecular weight is 411 g/mol. The minimum atomic E-state index is 0.439. The lowest BCUT2D eigenvalue weighted by Crippen LogP contribution is -2.32. The number of hydrogen-bond acceptors (Lipinski definition) is 0. The first-order valence-electron chi connectivity index (χ1n) is 12.4. The highest BCUT2D eigenvalue weighted by molar-refractivity contribution is 5.12. The summed E-state index contributed by atoms with van der Waals surface area (Å²) >= 11 is 0. The van der Waals surface area contributed by atoms with Gasteiger partial charge in [0.05, 0.1) is 0 Å². The van der Waals surface area contributed by atoms with Crippen molar-refractivity contribution in [1.29, 1.82) is 0 Å². The fourth-order valence-corrected chi connectivity index (χ4v) is 4.94. The average Bonchev–Trinajstić information content (AvgIpc) is 2.63. The van der Waals surface area contributed by atoms with Gasteiger partial charge in [-0.15, -0.1) is 0 Å². The summed E-state index contributed by atoms with van der Waals surface area (Å²) in [5, 5.41) is 0. The van der Waals surface area contributed by atoms with E-state index in [2.05, 4.69) is 79.3 Å². The number of allylic oxidation sites excluding steroid dienone is 9. The third-order valence-electron chi connectivity index (χ3n) is 6.92. The Kier molecular flexibility index (Phi) is 12.4. The normalized spacial score (nSPS) is 22.8. The predicted octanol–water partition coefficient (Wildman–Crippen LogP) is 10.3. The van der Waals surface area contributed by atoms with Gasteiger partial charge in [0, 0.05) is 0 Å². The molecule has 0 aromatic rings. The molecular formula is C30H50.